The fourth-order valence-electron chi connectivity index (χ4n) is 4.01. The summed E-state index contributed by atoms with van der Waals surface area (Å²) in [6.07, 6.45) is 0.721. The van der Waals surface area contributed by atoms with Crippen LogP contribution in [0.15, 0.2) is 48.5 Å². The van der Waals surface area contributed by atoms with Gasteiger partial charge in [0.1, 0.15) is 11.5 Å². The summed E-state index contributed by atoms with van der Waals surface area (Å²) in [6.45, 7) is 3.42. The van der Waals surface area contributed by atoms with E-state index in [-0.39, 0.29) is 17.7 Å². The Balaban J connectivity index is 1.23. The molecule has 7 nitrogen and oxygen atoms in total. The summed E-state index contributed by atoms with van der Waals surface area (Å²) < 4.78 is 29.1. The highest BCUT2D eigenvalue weighted by atomic mass is 35.5. The number of carbonyl (C=O) groups is 1. The second kappa shape index (κ2) is 9.56. The van der Waals surface area contributed by atoms with E-state index in [1.807, 2.05) is 12.1 Å². The average molecular weight is 464 g/mol. The molecule has 9 heteroatoms. The monoisotopic (exact) mass is 463 g/mol. The number of hydrogen-bond donors (Lipinski definition) is 1. The highest BCUT2D eigenvalue weighted by Gasteiger charge is 2.33. The second-order valence-electron chi connectivity index (χ2n) is 7.97. The van der Waals surface area contributed by atoms with Gasteiger partial charge in [0.05, 0.1) is 23.1 Å². The summed E-state index contributed by atoms with van der Waals surface area (Å²) in [5.74, 6) is 1.70. The van der Waals surface area contributed by atoms with Crippen molar-refractivity contribution >= 4 is 33.0 Å². The van der Waals surface area contributed by atoms with Gasteiger partial charge in [-0.3, -0.25) is 14.6 Å². The number of para-hydroxylation sites is 1. The third-order valence-corrected chi connectivity index (χ3v) is 7.76. The van der Waals surface area contributed by atoms with Gasteiger partial charge < -0.3 is 10.1 Å². The molecule has 4 rings (SSSR count). The summed E-state index contributed by atoms with van der Waals surface area (Å²) in [5.41, 5.74) is 0.700. The number of carbonyl (C=O) groups excluding carboxylic acids is 1. The number of piperazine rings is 1. The average Bonchev–Trinajstić information content (AvgIpc) is 3.11. The fraction of sp³-hybridized carbons (Fsp3) is 0.409. The maximum atomic E-state index is 12.4. The third kappa shape index (κ3) is 5.98. The predicted molar refractivity (Wildman–Crippen MR) is 122 cm³/mol. The van der Waals surface area contributed by atoms with E-state index in [1.165, 1.54) is 0 Å². The Morgan fingerprint density at radius 1 is 1.06 bits per heavy atom. The molecule has 166 valence electrons. The third-order valence-electron chi connectivity index (χ3n) is 5.70. The van der Waals surface area contributed by atoms with Gasteiger partial charge >= 0.3 is 0 Å². The topological polar surface area (TPSA) is 79.0 Å². The first-order chi connectivity index (χ1) is 14.9. The van der Waals surface area contributed by atoms with Crippen molar-refractivity contribution < 1.29 is 17.9 Å². The van der Waals surface area contributed by atoms with E-state index in [4.69, 9.17) is 16.3 Å². The maximum Gasteiger partial charge on any atom is 0.238 e. The van der Waals surface area contributed by atoms with Gasteiger partial charge in [0.2, 0.25) is 5.91 Å². The number of ether oxygens (including phenoxy) is 1. The molecule has 0 unspecified atom stereocenters. The molecule has 0 spiro atoms. The van der Waals surface area contributed by atoms with Crippen LogP contribution in [0, 0.1) is 0 Å². The predicted octanol–water partition coefficient (Wildman–Crippen LogP) is 2.88. The summed E-state index contributed by atoms with van der Waals surface area (Å²) in [6, 6.07) is 14.5. The van der Waals surface area contributed by atoms with Crippen molar-refractivity contribution in [1.82, 2.24) is 9.80 Å². The number of amides is 1. The van der Waals surface area contributed by atoms with Crippen LogP contribution in [0.4, 0.5) is 5.69 Å². The highest BCUT2D eigenvalue weighted by molar-refractivity contribution is 7.91. The molecule has 0 aliphatic carbocycles. The van der Waals surface area contributed by atoms with Gasteiger partial charge in [-0.25, -0.2) is 8.42 Å². The summed E-state index contributed by atoms with van der Waals surface area (Å²) in [5, 5.41) is 3.45. The van der Waals surface area contributed by atoms with Crippen molar-refractivity contribution in [3.8, 4) is 11.5 Å². The molecule has 1 atom stereocenters. The fourth-order valence-corrected chi connectivity index (χ4v) is 5.95. The first-order valence-corrected chi connectivity index (χ1v) is 12.6. The lowest BCUT2D eigenvalue weighted by Crippen LogP contribution is -2.52. The van der Waals surface area contributed by atoms with Gasteiger partial charge in [-0.2, -0.15) is 0 Å². The minimum atomic E-state index is -2.87. The lowest BCUT2D eigenvalue weighted by atomic mass is 10.2. The molecule has 2 heterocycles. The second-order valence-corrected chi connectivity index (χ2v) is 10.6. The van der Waals surface area contributed by atoms with Crippen molar-refractivity contribution in [3.63, 3.8) is 0 Å². The van der Waals surface area contributed by atoms with E-state index < -0.39 is 9.84 Å². The molecule has 1 amide bonds. The zero-order valence-electron chi connectivity index (χ0n) is 17.2. The van der Waals surface area contributed by atoms with Crippen molar-refractivity contribution in [3.05, 3.63) is 53.6 Å². The van der Waals surface area contributed by atoms with Gasteiger partial charge in [0, 0.05) is 37.9 Å². The first kappa shape index (κ1) is 22.1. The normalized spacial score (nSPS) is 21.6. The molecule has 1 N–H and O–H groups in total. The zero-order chi connectivity index (χ0) is 21.8. The van der Waals surface area contributed by atoms with Crippen LogP contribution in [-0.2, 0) is 14.6 Å². The van der Waals surface area contributed by atoms with Crippen molar-refractivity contribution in [2.24, 2.45) is 0 Å². The van der Waals surface area contributed by atoms with E-state index >= 15 is 0 Å². The number of hydrogen-bond acceptors (Lipinski definition) is 6. The Morgan fingerprint density at radius 3 is 2.42 bits per heavy atom. The molecule has 0 saturated carbocycles. The molecule has 2 aromatic carbocycles. The summed E-state index contributed by atoms with van der Waals surface area (Å²) >= 11 is 6.11. The van der Waals surface area contributed by atoms with E-state index in [9.17, 15) is 13.2 Å². The standard InChI is InChI=1S/C22H26ClN3O4S/c23-20-3-1-2-4-21(20)30-19-7-5-17(6-8-19)24-22(27)15-25-10-12-26(13-11-25)18-9-14-31(28,29)16-18/h1-8,18H,9-16H2,(H,24,27)/t18-/m1/s1. The van der Waals surface area contributed by atoms with Crippen LogP contribution in [0.3, 0.4) is 0 Å². The Morgan fingerprint density at radius 2 is 1.77 bits per heavy atom. The van der Waals surface area contributed by atoms with Gasteiger partial charge in [-0.15, -0.1) is 0 Å². The molecule has 2 saturated heterocycles. The van der Waals surface area contributed by atoms with E-state index in [2.05, 4.69) is 15.1 Å². The summed E-state index contributed by atoms with van der Waals surface area (Å²) in [4.78, 5) is 16.8. The molecule has 2 aromatic rings. The minimum Gasteiger partial charge on any atom is -0.456 e. The molecule has 0 aromatic heterocycles. The van der Waals surface area contributed by atoms with Gasteiger partial charge in [0.15, 0.2) is 9.84 Å². The molecule has 0 radical (unpaired) electrons. The lowest BCUT2D eigenvalue weighted by molar-refractivity contribution is -0.117. The Labute approximate surface area is 187 Å². The lowest BCUT2D eigenvalue weighted by Gasteiger charge is -2.37. The van der Waals surface area contributed by atoms with Crippen LogP contribution in [0.5, 0.6) is 11.5 Å². The molecule has 2 aliphatic rings. The van der Waals surface area contributed by atoms with Crippen LogP contribution in [-0.4, -0.2) is 74.4 Å². The zero-order valence-corrected chi connectivity index (χ0v) is 18.7. The number of anilines is 1. The molecule has 31 heavy (non-hydrogen) atoms. The van der Waals surface area contributed by atoms with E-state index in [0.717, 1.165) is 32.6 Å². The molecule has 0 bridgehead atoms. The first-order valence-electron chi connectivity index (χ1n) is 10.4. The largest absolute Gasteiger partial charge is 0.456 e. The highest BCUT2D eigenvalue weighted by Crippen LogP contribution is 2.29. The van der Waals surface area contributed by atoms with Crippen molar-refractivity contribution in [2.45, 2.75) is 12.5 Å². The van der Waals surface area contributed by atoms with Crippen LogP contribution in [0.25, 0.3) is 0 Å². The van der Waals surface area contributed by atoms with Crippen molar-refractivity contribution in [1.29, 1.82) is 0 Å². The number of sulfone groups is 1. The summed E-state index contributed by atoms with van der Waals surface area (Å²) in [7, 11) is -2.87. The number of nitrogens with one attached hydrogen (secondary N) is 1. The molecular weight excluding hydrogens is 438 g/mol. The van der Waals surface area contributed by atoms with Gasteiger partial charge in [-0.05, 0) is 42.8 Å². The molecule has 2 fully saturated rings. The smallest absolute Gasteiger partial charge is 0.238 e. The maximum absolute atomic E-state index is 12.4. The van der Waals surface area contributed by atoms with Crippen LogP contribution in [0.2, 0.25) is 5.02 Å². The Kier molecular flexibility index (Phi) is 6.81. The minimum absolute atomic E-state index is 0.0725. The van der Waals surface area contributed by atoms with Crippen molar-refractivity contribution in [2.75, 3.05) is 49.5 Å². The number of halogens is 1. The number of nitrogens with zero attached hydrogens (tertiary/aromatic N) is 2. The quantitative estimate of drug-likeness (QED) is 0.709. The SMILES string of the molecule is O=C(CN1CCN([C@@H]2CCS(=O)(=O)C2)CC1)Nc1ccc(Oc2ccccc2Cl)cc1. The van der Waals surface area contributed by atoms with E-state index in [0.29, 0.717) is 34.5 Å². The number of benzene rings is 2. The molecule has 2 aliphatic heterocycles. The number of rotatable bonds is 6. The van der Waals surface area contributed by atoms with Gasteiger partial charge in [-0.1, -0.05) is 23.7 Å². The Hall–Kier alpha value is -2.13. The van der Waals surface area contributed by atoms with E-state index in [1.54, 1.807) is 36.4 Å². The molecular formula is C22H26ClN3O4S. The van der Waals surface area contributed by atoms with Crippen LogP contribution < -0.4 is 10.1 Å². The van der Waals surface area contributed by atoms with Crippen LogP contribution >= 0.6 is 11.6 Å². The Bertz CT molecular complexity index is 1020. The van der Waals surface area contributed by atoms with Gasteiger partial charge in [0.25, 0.3) is 0 Å². The van der Waals surface area contributed by atoms with Crippen LogP contribution in [0.1, 0.15) is 6.42 Å².